The van der Waals surface area contributed by atoms with E-state index in [9.17, 15) is 24.5 Å². The standard InChI is InChI=1S/C24H18BrN3O7/c25-17-7-13(10-26-27-22(29)19-14-4-5-15(9-14)20(19)23(27)30)8-18(28(33)34)21(17)35-11-12-2-1-3-16(6-12)24(31)32/h1-8,10,14-15,19-20H,9,11H2,(H,31,32)/t14-,15-,19-,20+/m0/s1. The SMILES string of the molecule is O=C(O)c1cccc(COc2c(Br)cc(C=NN3C(=O)[C@@H]4[C@H](C3=O)[C@H]3C=C[C@H]4C3)cc2[N+](=O)[O-])c1. The van der Waals surface area contributed by atoms with Crippen LogP contribution in [0.1, 0.15) is 27.9 Å². The number of allylic oxidation sites excluding steroid dienone is 2. The topological polar surface area (TPSA) is 139 Å². The number of carboxylic acid groups (broad SMARTS) is 1. The zero-order valence-electron chi connectivity index (χ0n) is 18.0. The number of hydrogen-bond donors (Lipinski definition) is 1. The number of imide groups is 1. The second-order valence-corrected chi connectivity index (χ2v) is 9.49. The number of fused-ring (bicyclic) bond motifs is 5. The Hall–Kier alpha value is -3.86. The molecule has 1 N–H and O–H groups in total. The summed E-state index contributed by atoms with van der Waals surface area (Å²) < 4.78 is 5.91. The maximum atomic E-state index is 12.8. The van der Waals surface area contributed by atoms with Gasteiger partial charge >= 0.3 is 11.7 Å². The highest BCUT2D eigenvalue weighted by atomic mass is 79.9. The maximum Gasteiger partial charge on any atom is 0.335 e. The summed E-state index contributed by atoms with van der Waals surface area (Å²) in [5.41, 5.74) is 0.540. The molecule has 11 heteroatoms. The van der Waals surface area contributed by atoms with Gasteiger partial charge in [-0.05, 0) is 57.9 Å². The molecule has 1 aliphatic heterocycles. The molecule has 2 aliphatic carbocycles. The highest BCUT2D eigenvalue weighted by Gasteiger charge is 2.59. The third-order valence-corrected chi connectivity index (χ3v) is 7.16. The summed E-state index contributed by atoms with van der Waals surface area (Å²) in [7, 11) is 0. The van der Waals surface area contributed by atoms with Crippen LogP contribution >= 0.6 is 15.9 Å². The van der Waals surface area contributed by atoms with Crippen molar-refractivity contribution in [3.05, 3.63) is 79.8 Å². The Bertz CT molecular complexity index is 1310. The molecule has 0 aromatic heterocycles. The summed E-state index contributed by atoms with van der Waals surface area (Å²) in [4.78, 5) is 47.8. The van der Waals surface area contributed by atoms with Crippen LogP contribution in [-0.4, -0.2) is 39.0 Å². The van der Waals surface area contributed by atoms with Crippen LogP contribution in [0.4, 0.5) is 5.69 Å². The highest BCUT2D eigenvalue weighted by Crippen LogP contribution is 2.52. The van der Waals surface area contributed by atoms with Crippen LogP contribution in [0.2, 0.25) is 0 Å². The predicted molar refractivity (Wildman–Crippen MR) is 126 cm³/mol. The molecule has 1 saturated heterocycles. The summed E-state index contributed by atoms with van der Waals surface area (Å²) in [6.45, 7) is -0.0933. The number of carbonyl (C=O) groups is 3. The van der Waals surface area contributed by atoms with Crippen molar-refractivity contribution in [1.82, 2.24) is 5.01 Å². The van der Waals surface area contributed by atoms with E-state index in [2.05, 4.69) is 21.0 Å². The fraction of sp³-hybridized carbons (Fsp3) is 0.250. The number of ether oxygens (including phenoxy) is 1. The number of hydrogen-bond acceptors (Lipinski definition) is 7. The minimum absolute atomic E-state index is 0.0432. The van der Waals surface area contributed by atoms with Crippen molar-refractivity contribution >= 4 is 45.6 Å². The van der Waals surface area contributed by atoms with E-state index in [0.29, 0.717) is 11.1 Å². The number of carboxylic acids is 1. The predicted octanol–water partition coefficient (Wildman–Crippen LogP) is 3.78. The molecule has 178 valence electrons. The Morgan fingerprint density at radius 2 is 1.89 bits per heavy atom. The van der Waals surface area contributed by atoms with Crippen molar-refractivity contribution in [2.24, 2.45) is 28.8 Å². The van der Waals surface area contributed by atoms with Gasteiger partial charge in [-0.15, -0.1) is 0 Å². The molecule has 10 nitrogen and oxygen atoms in total. The van der Waals surface area contributed by atoms with Crippen LogP contribution < -0.4 is 4.74 Å². The van der Waals surface area contributed by atoms with Gasteiger partial charge in [0.05, 0.1) is 33.0 Å². The van der Waals surface area contributed by atoms with Gasteiger partial charge in [0, 0.05) is 11.6 Å². The van der Waals surface area contributed by atoms with Gasteiger partial charge in [-0.3, -0.25) is 19.7 Å². The number of nitro benzene ring substituents is 1. The van der Waals surface area contributed by atoms with Crippen molar-refractivity contribution < 1.29 is 29.2 Å². The molecule has 2 amide bonds. The van der Waals surface area contributed by atoms with Crippen molar-refractivity contribution in [3.63, 3.8) is 0 Å². The summed E-state index contributed by atoms with van der Waals surface area (Å²) in [6.07, 6.45) is 6.03. The average Bonchev–Trinajstić information content (AvgIpc) is 3.51. The monoisotopic (exact) mass is 539 g/mol. The van der Waals surface area contributed by atoms with E-state index in [1.807, 2.05) is 12.2 Å². The van der Waals surface area contributed by atoms with Gasteiger partial charge in [-0.25, -0.2) is 4.79 Å². The number of rotatable bonds is 7. The van der Waals surface area contributed by atoms with Gasteiger partial charge in [0.15, 0.2) is 0 Å². The van der Waals surface area contributed by atoms with E-state index < -0.39 is 10.9 Å². The van der Waals surface area contributed by atoms with Gasteiger partial charge in [-0.1, -0.05) is 24.3 Å². The van der Waals surface area contributed by atoms with Gasteiger partial charge in [0.25, 0.3) is 11.8 Å². The Morgan fingerprint density at radius 3 is 2.51 bits per heavy atom. The lowest BCUT2D eigenvalue weighted by Crippen LogP contribution is -2.28. The number of benzene rings is 2. The van der Waals surface area contributed by atoms with Gasteiger partial charge in [-0.2, -0.15) is 10.1 Å². The van der Waals surface area contributed by atoms with Crippen LogP contribution in [0, 0.1) is 33.8 Å². The molecule has 2 aromatic carbocycles. The largest absolute Gasteiger partial charge is 0.481 e. The highest BCUT2D eigenvalue weighted by molar-refractivity contribution is 9.10. The number of nitrogens with zero attached hydrogens (tertiary/aromatic N) is 3. The first-order chi connectivity index (χ1) is 16.7. The van der Waals surface area contributed by atoms with Crippen molar-refractivity contribution in [1.29, 1.82) is 0 Å². The quantitative estimate of drug-likeness (QED) is 0.185. The maximum absolute atomic E-state index is 12.8. The van der Waals surface area contributed by atoms with E-state index in [4.69, 9.17) is 9.84 Å². The lowest BCUT2D eigenvalue weighted by molar-refractivity contribution is -0.386. The molecule has 1 heterocycles. The molecule has 1 saturated carbocycles. The zero-order chi connectivity index (χ0) is 24.9. The number of amides is 2. The van der Waals surface area contributed by atoms with Gasteiger partial charge < -0.3 is 9.84 Å². The number of nitro groups is 1. The van der Waals surface area contributed by atoms with E-state index in [1.54, 1.807) is 12.1 Å². The Labute approximate surface area is 207 Å². The van der Waals surface area contributed by atoms with Crippen molar-refractivity contribution in [2.45, 2.75) is 13.0 Å². The molecular weight excluding hydrogens is 522 g/mol. The van der Waals surface area contributed by atoms with E-state index >= 15 is 0 Å². The van der Waals surface area contributed by atoms with Crippen molar-refractivity contribution in [2.75, 3.05) is 0 Å². The summed E-state index contributed by atoms with van der Waals surface area (Å²) in [5, 5.41) is 25.8. The summed E-state index contributed by atoms with van der Waals surface area (Å²) >= 11 is 3.28. The molecule has 35 heavy (non-hydrogen) atoms. The Balaban J connectivity index is 1.36. The molecule has 0 spiro atoms. The lowest BCUT2D eigenvalue weighted by atomic mass is 9.85. The summed E-state index contributed by atoms with van der Waals surface area (Å²) in [5.74, 6) is -2.47. The number of aromatic carboxylic acids is 1. The van der Waals surface area contributed by atoms with E-state index in [1.165, 1.54) is 30.5 Å². The third kappa shape index (κ3) is 4.01. The first kappa shape index (κ1) is 22.9. The minimum atomic E-state index is -1.09. The summed E-state index contributed by atoms with van der Waals surface area (Å²) in [6, 6.07) is 8.81. The smallest absolute Gasteiger partial charge is 0.335 e. The van der Waals surface area contributed by atoms with E-state index in [-0.39, 0.29) is 63.6 Å². The van der Waals surface area contributed by atoms with Crippen LogP contribution in [0.3, 0.4) is 0 Å². The molecule has 4 atom stereocenters. The Kier molecular flexibility index (Phi) is 5.72. The minimum Gasteiger partial charge on any atom is -0.481 e. The van der Waals surface area contributed by atoms with Crippen molar-refractivity contribution in [3.8, 4) is 5.75 Å². The number of hydrazone groups is 1. The molecule has 2 bridgehead atoms. The fourth-order valence-corrected chi connectivity index (χ4v) is 5.61. The first-order valence-corrected chi connectivity index (χ1v) is 11.6. The van der Waals surface area contributed by atoms with E-state index in [0.717, 1.165) is 11.4 Å². The van der Waals surface area contributed by atoms with Gasteiger partial charge in [0.1, 0.15) is 6.61 Å². The number of carbonyl (C=O) groups excluding carboxylic acids is 2. The second kappa shape index (κ2) is 8.73. The van der Waals surface area contributed by atoms with Crippen LogP contribution in [0.5, 0.6) is 5.75 Å². The zero-order valence-corrected chi connectivity index (χ0v) is 19.6. The van der Waals surface area contributed by atoms with Crippen LogP contribution in [-0.2, 0) is 16.2 Å². The molecule has 3 aliphatic rings. The molecule has 5 rings (SSSR count). The van der Waals surface area contributed by atoms with Gasteiger partial charge in [0.2, 0.25) is 5.75 Å². The molecular formula is C24H18BrN3O7. The first-order valence-electron chi connectivity index (χ1n) is 10.8. The Morgan fingerprint density at radius 1 is 1.20 bits per heavy atom. The second-order valence-electron chi connectivity index (χ2n) is 8.64. The molecule has 0 radical (unpaired) electrons. The molecule has 0 unspecified atom stereocenters. The molecule has 2 aromatic rings. The average molecular weight is 540 g/mol. The normalized spacial score (nSPS) is 24.4. The van der Waals surface area contributed by atoms with Crippen LogP contribution in [0.15, 0.2) is 58.1 Å². The lowest BCUT2D eigenvalue weighted by Gasteiger charge is -2.13. The van der Waals surface area contributed by atoms with Crippen LogP contribution in [0.25, 0.3) is 0 Å². The fourth-order valence-electron chi connectivity index (χ4n) is 5.03. The number of halogens is 1. The third-order valence-electron chi connectivity index (χ3n) is 6.57. The molecule has 2 fully saturated rings.